The van der Waals surface area contributed by atoms with Gasteiger partial charge in [0.2, 0.25) is 0 Å². The Hall–Kier alpha value is -1.91. The third-order valence-electron chi connectivity index (χ3n) is 3.02. The Balaban J connectivity index is 2.12. The van der Waals surface area contributed by atoms with Gasteiger partial charge in [0.15, 0.2) is 6.10 Å². The van der Waals surface area contributed by atoms with Crippen molar-refractivity contribution in [3.05, 3.63) is 58.1 Å². The first-order chi connectivity index (χ1) is 10.5. The first-order valence-corrected chi connectivity index (χ1v) is 7.22. The summed E-state index contributed by atoms with van der Waals surface area (Å²) in [5.74, 6) is 0.0684. The van der Waals surface area contributed by atoms with E-state index in [2.05, 4.69) is 0 Å². The molecule has 0 saturated heterocycles. The van der Waals surface area contributed by atoms with Crippen molar-refractivity contribution in [2.75, 3.05) is 7.11 Å². The minimum absolute atomic E-state index is 0.179. The molecule has 0 unspecified atom stereocenters. The molecule has 0 fully saturated rings. The molecule has 0 amide bonds. The molecule has 116 valence electrons. The third kappa shape index (κ3) is 4.29. The zero-order valence-electron chi connectivity index (χ0n) is 11.8. The molecular formula is C16H14Cl2O4. The molecule has 0 aliphatic carbocycles. The summed E-state index contributed by atoms with van der Waals surface area (Å²) in [6, 6.07) is 11.7. The largest absolute Gasteiger partial charge is 0.497 e. The summed E-state index contributed by atoms with van der Waals surface area (Å²) < 4.78 is 10.6. The number of hydrogen-bond acceptors (Lipinski definition) is 3. The molecule has 1 N–H and O–H groups in total. The molecule has 22 heavy (non-hydrogen) atoms. The van der Waals surface area contributed by atoms with Gasteiger partial charge in [0.1, 0.15) is 11.5 Å². The summed E-state index contributed by atoms with van der Waals surface area (Å²) in [4.78, 5) is 11.4. The fourth-order valence-corrected chi connectivity index (χ4v) is 2.20. The molecule has 2 aromatic carbocycles. The molecule has 4 nitrogen and oxygen atoms in total. The molecule has 0 aromatic heterocycles. The second kappa shape index (κ2) is 7.38. The van der Waals surface area contributed by atoms with Crippen molar-refractivity contribution in [1.29, 1.82) is 0 Å². The normalized spacial score (nSPS) is 11.8. The Bertz CT molecular complexity index is 656. The van der Waals surface area contributed by atoms with Crippen LogP contribution < -0.4 is 9.47 Å². The van der Waals surface area contributed by atoms with E-state index in [0.29, 0.717) is 21.5 Å². The van der Waals surface area contributed by atoms with Crippen molar-refractivity contribution in [3.8, 4) is 11.5 Å². The van der Waals surface area contributed by atoms with E-state index in [1.165, 1.54) is 0 Å². The second-order valence-corrected chi connectivity index (χ2v) is 5.39. The number of carboxylic acids is 1. The van der Waals surface area contributed by atoms with Gasteiger partial charge in [-0.25, -0.2) is 4.79 Å². The summed E-state index contributed by atoms with van der Waals surface area (Å²) in [5.41, 5.74) is 0.732. The zero-order valence-corrected chi connectivity index (χ0v) is 13.3. The molecule has 0 spiro atoms. The Kier molecular flexibility index (Phi) is 5.52. The number of carboxylic acid groups (broad SMARTS) is 1. The van der Waals surface area contributed by atoms with E-state index in [9.17, 15) is 9.90 Å². The molecular weight excluding hydrogens is 327 g/mol. The highest BCUT2D eigenvalue weighted by atomic mass is 35.5. The quantitative estimate of drug-likeness (QED) is 0.860. The maximum atomic E-state index is 11.4. The van der Waals surface area contributed by atoms with Crippen molar-refractivity contribution in [2.45, 2.75) is 12.5 Å². The van der Waals surface area contributed by atoms with Crippen LogP contribution in [0.25, 0.3) is 0 Å². The average molecular weight is 341 g/mol. The van der Waals surface area contributed by atoms with Crippen LogP contribution in [0.15, 0.2) is 42.5 Å². The number of rotatable bonds is 6. The van der Waals surface area contributed by atoms with Gasteiger partial charge >= 0.3 is 5.97 Å². The van der Waals surface area contributed by atoms with E-state index in [1.807, 2.05) is 0 Å². The predicted molar refractivity (Wildman–Crippen MR) is 85.2 cm³/mol. The van der Waals surface area contributed by atoms with Gasteiger partial charge in [-0.1, -0.05) is 29.3 Å². The fourth-order valence-electron chi connectivity index (χ4n) is 1.88. The van der Waals surface area contributed by atoms with E-state index in [-0.39, 0.29) is 6.42 Å². The molecule has 0 heterocycles. The van der Waals surface area contributed by atoms with Crippen molar-refractivity contribution in [2.24, 2.45) is 0 Å². The summed E-state index contributed by atoms with van der Waals surface area (Å²) in [7, 11) is 1.56. The Morgan fingerprint density at radius 1 is 1.09 bits per heavy atom. The van der Waals surface area contributed by atoms with Crippen LogP contribution in [0.5, 0.6) is 11.5 Å². The first-order valence-electron chi connectivity index (χ1n) is 6.47. The SMILES string of the molecule is COc1ccc(O[C@@H](Cc2ccc(Cl)c(Cl)c2)C(=O)O)cc1. The molecule has 6 heteroatoms. The standard InChI is InChI=1S/C16H14Cl2O4/c1-21-11-3-5-12(6-4-11)22-15(16(19)20)9-10-2-7-13(17)14(18)8-10/h2-8,15H,9H2,1H3,(H,19,20)/t15-/m0/s1. The van der Waals surface area contributed by atoms with Crippen molar-refractivity contribution in [1.82, 2.24) is 0 Å². The smallest absolute Gasteiger partial charge is 0.345 e. The number of carbonyl (C=O) groups is 1. The highest BCUT2D eigenvalue weighted by Gasteiger charge is 2.20. The molecule has 0 bridgehead atoms. The molecule has 2 aromatic rings. The Labute approximate surface area is 138 Å². The van der Waals surface area contributed by atoms with Crippen molar-refractivity contribution < 1.29 is 19.4 Å². The number of aliphatic carboxylic acids is 1. The van der Waals surface area contributed by atoms with E-state index >= 15 is 0 Å². The van der Waals surface area contributed by atoms with Crippen LogP contribution in [-0.4, -0.2) is 24.3 Å². The number of ether oxygens (including phenoxy) is 2. The van der Waals surface area contributed by atoms with Gasteiger partial charge in [0.25, 0.3) is 0 Å². The van der Waals surface area contributed by atoms with Crippen LogP contribution in [0.4, 0.5) is 0 Å². The fraction of sp³-hybridized carbons (Fsp3) is 0.188. The number of hydrogen-bond donors (Lipinski definition) is 1. The van der Waals surface area contributed by atoms with Gasteiger partial charge in [-0.15, -0.1) is 0 Å². The summed E-state index contributed by atoms with van der Waals surface area (Å²) in [6.45, 7) is 0. The topological polar surface area (TPSA) is 55.8 Å². The van der Waals surface area contributed by atoms with Crippen LogP contribution in [0.2, 0.25) is 10.0 Å². The maximum Gasteiger partial charge on any atom is 0.345 e. The lowest BCUT2D eigenvalue weighted by Crippen LogP contribution is -2.29. The highest BCUT2D eigenvalue weighted by molar-refractivity contribution is 6.42. The molecule has 0 aliphatic heterocycles. The highest BCUT2D eigenvalue weighted by Crippen LogP contribution is 2.24. The van der Waals surface area contributed by atoms with E-state index in [4.69, 9.17) is 32.7 Å². The molecule has 0 radical (unpaired) electrons. The van der Waals surface area contributed by atoms with E-state index in [1.54, 1.807) is 49.6 Å². The summed E-state index contributed by atoms with van der Waals surface area (Å²) >= 11 is 11.8. The Morgan fingerprint density at radius 2 is 1.73 bits per heavy atom. The van der Waals surface area contributed by atoms with Gasteiger partial charge in [0.05, 0.1) is 17.2 Å². The van der Waals surface area contributed by atoms with Gasteiger partial charge in [-0.05, 0) is 42.0 Å². The minimum atomic E-state index is -1.05. The second-order valence-electron chi connectivity index (χ2n) is 4.57. The lowest BCUT2D eigenvalue weighted by Gasteiger charge is -2.16. The first kappa shape index (κ1) is 16.5. The van der Waals surface area contributed by atoms with Crippen molar-refractivity contribution >= 4 is 29.2 Å². The minimum Gasteiger partial charge on any atom is -0.497 e. The Morgan fingerprint density at radius 3 is 2.27 bits per heavy atom. The van der Waals surface area contributed by atoms with Crippen LogP contribution in [0.3, 0.4) is 0 Å². The number of benzene rings is 2. The lowest BCUT2D eigenvalue weighted by molar-refractivity contribution is -0.145. The van der Waals surface area contributed by atoms with E-state index in [0.717, 1.165) is 5.56 Å². The van der Waals surface area contributed by atoms with Gasteiger partial charge in [0, 0.05) is 6.42 Å². The predicted octanol–water partition coefficient (Wildman–Crippen LogP) is 4.08. The number of methoxy groups -OCH3 is 1. The lowest BCUT2D eigenvalue weighted by atomic mass is 10.1. The van der Waals surface area contributed by atoms with Gasteiger partial charge < -0.3 is 14.6 Å². The molecule has 1 atom stereocenters. The summed E-state index contributed by atoms with van der Waals surface area (Å²) in [5, 5.41) is 10.1. The van der Waals surface area contributed by atoms with E-state index < -0.39 is 12.1 Å². The van der Waals surface area contributed by atoms with Crippen LogP contribution in [-0.2, 0) is 11.2 Å². The van der Waals surface area contributed by atoms with Crippen LogP contribution >= 0.6 is 23.2 Å². The van der Waals surface area contributed by atoms with Gasteiger partial charge in [-0.2, -0.15) is 0 Å². The number of halogens is 2. The van der Waals surface area contributed by atoms with Crippen LogP contribution in [0.1, 0.15) is 5.56 Å². The average Bonchev–Trinajstić information content (AvgIpc) is 2.51. The van der Waals surface area contributed by atoms with Gasteiger partial charge in [-0.3, -0.25) is 0 Å². The monoisotopic (exact) mass is 340 g/mol. The maximum absolute atomic E-state index is 11.4. The molecule has 0 aliphatic rings. The third-order valence-corrected chi connectivity index (χ3v) is 3.76. The summed E-state index contributed by atoms with van der Waals surface area (Å²) in [6.07, 6.45) is -0.844. The molecule has 2 rings (SSSR count). The van der Waals surface area contributed by atoms with Crippen LogP contribution in [0, 0.1) is 0 Å². The van der Waals surface area contributed by atoms with Crippen molar-refractivity contribution in [3.63, 3.8) is 0 Å². The zero-order chi connectivity index (χ0) is 16.1. The molecule has 0 saturated carbocycles.